The first-order chi connectivity index (χ1) is 22.8. The first-order valence-corrected chi connectivity index (χ1v) is 15.3. The average Bonchev–Trinajstić information content (AvgIpc) is 3.32. The third-order valence-electron chi connectivity index (χ3n) is 7.56. The van der Waals surface area contributed by atoms with Gasteiger partial charge in [0.2, 0.25) is 5.91 Å². The van der Waals surface area contributed by atoms with E-state index in [1.807, 2.05) is 12.2 Å². The van der Waals surface area contributed by atoms with Crippen molar-refractivity contribution in [3.63, 3.8) is 0 Å². The molecule has 4 N–H and O–H groups in total. The predicted molar refractivity (Wildman–Crippen MR) is 164 cm³/mol. The van der Waals surface area contributed by atoms with Gasteiger partial charge in [0.05, 0.1) is 17.8 Å². The van der Waals surface area contributed by atoms with Gasteiger partial charge < -0.3 is 34.9 Å². The lowest BCUT2D eigenvalue weighted by Gasteiger charge is -2.19. The minimum Gasteiger partial charge on any atom is -0.491 e. The monoisotopic (exact) mass is 680 g/mol. The van der Waals surface area contributed by atoms with Gasteiger partial charge in [-0.05, 0) is 54.5 Å². The molecule has 48 heavy (non-hydrogen) atoms. The number of rotatable bonds is 18. The Morgan fingerprint density at radius 1 is 1.06 bits per heavy atom. The van der Waals surface area contributed by atoms with Crippen molar-refractivity contribution < 1.29 is 57.5 Å². The van der Waals surface area contributed by atoms with E-state index in [0.717, 1.165) is 12.1 Å². The fraction of sp³-hybridized carbons (Fsp3) is 0.455. The summed E-state index contributed by atoms with van der Waals surface area (Å²) in [6.45, 7) is -0.928. The minimum absolute atomic E-state index is 0.0445. The highest BCUT2D eigenvalue weighted by atomic mass is 19.4. The van der Waals surface area contributed by atoms with Gasteiger partial charge >= 0.3 is 12.1 Å². The molecule has 1 amide bonds. The number of amides is 1. The Kier molecular flexibility index (Phi) is 14.8. The quantitative estimate of drug-likeness (QED) is 0.0591. The molecule has 0 aliphatic heterocycles. The third-order valence-corrected chi connectivity index (χ3v) is 7.56. The number of unbranched alkanes of at least 4 members (excludes halogenated alkanes) is 1. The van der Waals surface area contributed by atoms with Gasteiger partial charge in [-0.3, -0.25) is 9.59 Å². The van der Waals surface area contributed by atoms with Crippen LogP contribution in [0.25, 0.3) is 0 Å². The Morgan fingerprint density at radius 2 is 1.79 bits per heavy atom. The van der Waals surface area contributed by atoms with Gasteiger partial charge in [-0.15, -0.1) is 10.1 Å². The number of aliphatic hydroxyl groups is 3. The van der Waals surface area contributed by atoms with Gasteiger partial charge in [0.1, 0.15) is 38.2 Å². The van der Waals surface area contributed by atoms with Crippen molar-refractivity contribution in [2.75, 3.05) is 13.2 Å². The molecule has 0 unspecified atom stereocenters. The van der Waals surface area contributed by atoms with Crippen molar-refractivity contribution in [2.45, 2.75) is 69.8 Å². The second-order valence-corrected chi connectivity index (χ2v) is 11.3. The average molecular weight is 681 g/mol. The third kappa shape index (κ3) is 13.3. The van der Waals surface area contributed by atoms with E-state index in [-0.39, 0.29) is 56.8 Å². The van der Waals surface area contributed by atoms with Crippen molar-refractivity contribution in [1.29, 1.82) is 0 Å². The van der Waals surface area contributed by atoms with Crippen LogP contribution in [-0.2, 0) is 38.6 Å². The molecule has 0 heterocycles. The highest BCUT2D eigenvalue weighted by Gasteiger charge is 2.39. The topological polar surface area (TPSA) is 178 Å². The lowest BCUT2D eigenvalue weighted by atomic mass is 9.89. The zero-order chi connectivity index (χ0) is 35.1. The zero-order valence-electron chi connectivity index (χ0n) is 26.0. The van der Waals surface area contributed by atoms with Gasteiger partial charge in [0, 0.05) is 18.8 Å². The number of hydrogen-bond acceptors (Lipinski definition) is 10. The maximum atomic E-state index is 12.9. The van der Waals surface area contributed by atoms with Crippen LogP contribution in [0.2, 0.25) is 0 Å². The number of carbonyl (C=O) groups excluding carboxylic acids is 2. The largest absolute Gasteiger partial charge is 0.491 e. The van der Waals surface area contributed by atoms with Crippen LogP contribution < -0.4 is 10.1 Å². The van der Waals surface area contributed by atoms with Crippen molar-refractivity contribution in [3.05, 3.63) is 99.6 Å². The van der Waals surface area contributed by atoms with E-state index >= 15 is 0 Å². The van der Waals surface area contributed by atoms with Crippen LogP contribution in [0.5, 0.6) is 5.75 Å². The Morgan fingerprint density at radius 3 is 2.52 bits per heavy atom. The molecule has 0 spiro atoms. The van der Waals surface area contributed by atoms with Crippen LogP contribution in [-0.4, -0.2) is 63.7 Å². The van der Waals surface area contributed by atoms with Crippen LogP contribution in [0.4, 0.5) is 13.2 Å². The Bertz CT molecular complexity index is 1420. The maximum Gasteiger partial charge on any atom is 0.416 e. The summed E-state index contributed by atoms with van der Waals surface area (Å²) in [6.07, 6.45) is 1.13. The molecule has 3 rings (SSSR count). The molecule has 1 aliphatic rings. The molecule has 1 aliphatic carbocycles. The molecule has 1 saturated carbocycles. The predicted octanol–water partition coefficient (Wildman–Crippen LogP) is 4.04. The highest BCUT2D eigenvalue weighted by molar-refractivity contribution is 5.81. The number of alkyl halides is 3. The summed E-state index contributed by atoms with van der Waals surface area (Å²) in [4.78, 5) is 38.7. The number of esters is 1. The van der Waals surface area contributed by atoms with Crippen molar-refractivity contribution >= 4 is 11.9 Å². The van der Waals surface area contributed by atoms with E-state index in [1.165, 1.54) is 18.2 Å². The second-order valence-electron chi connectivity index (χ2n) is 11.3. The number of benzene rings is 2. The van der Waals surface area contributed by atoms with E-state index in [9.17, 15) is 48.2 Å². The molecule has 0 saturated heterocycles. The molecular weight excluding hydrogens is 641 g/mol. The van der Waals surface area contributed by atoms with Crippen LogP contribution in [0.15, 0.2) is 72.8 Å². The fourth-order valence-corrected chi connectivity index (χ4v) is 5.12. The van der Waals surface area contributed by atoms with E-state index < -0.39 is 47.0 Å². The van der Waals surface area contributed by atoms with Gasteiger partial charge in [-0.2, -0.15) is 13.2 Å². The number of halogens is 3. The molecule has 1 fully saturated rings. The summed E-state index contributed by atoms with van der Waals surface area (Å²) in [6, 6.07) is 10.9. The smallest absolute Gasteiger partial charge is 0.416 e. The van der Waals surface area contributed by atoms with Gasteiger partial charge in [-0.25, -0.2) is 0 Å². The normalized spacial score (nSPS) is 20.1. The number of nitrogens with zero attached hydrogens (tertiary/aromatic N) is 1. The van der Waals surface area contributed by atoms with Gasteiger partial charge in [-0.1, -0.05) is 54.6 Å². The molecular formula is C33H39F3N2O10. The molecule has 0 aromatic heterocycles. The maximum absolute atomic E-state index is 12.9. The highest BCUT2D eigenvalue weighted by Crippen LogP contribution is 2.36. The van der Waals surface area contributed by atoms with Gasteiger partial charge in [0.25, 0.3) is 5.09 Å². The van der Waals surface area contributed by atoms with Crippen molar-refractivity contribution in [2.24, 2.45) is 11.8 Å². The summed E-state index contributed by atoms with van der Waals surface area (Å²) in [5.41, 5.74) is 0.274. The van der Waals surface area contributed by atoms with Crippen molar-refractivity contribution in [3.8, 4) is 5.75 Å². The number of carbonyl (C=O) groups is 2. The van der Waals surface area contributed by atoms with Crippen molar-refractivity contribution in [1.82, 2.24) is 5.32 Å². The molecule has 15 heteroatoms. The minimum atomic E-state index is -4.52. The van der Waals surface area contributed by atoms with E-state index in [2.05, 4.69) is 10.2 Å². The van der Waals surface area contributed by atoms with E-state index in [4.69, 9.17) is 9.47 Å². The summed E-state index contributed by atoms with van der Waals surface area (Å²) in [5, 5.41) is 43.1. The number of aliphatic hydroxyl groups excluding tert-OH is 3. The SMILES string of the molecule is O=C(CCC/C=C\C[C@@H]1[C@@H](/C=C/[C@@H](O)COc2cccc(C(F)(F)F)c2)[C@H](O)C[C@@H]1O)NCC(=O)OCc1cccc(CO[N+](=O)[O-])c1. The molecule has 0 bridgehead atoms. The summed E-state index contributed by atoms with van der Waals surface area (Å²) in [7, 11) is 0. The van der Waals surface area contributed by atoms with E-state index in [1.54, 1.807) is 30.3 Å². The van der Waals surface area contributed by atoms with Crippen LogP contribution >= 0.6 is 0 Å². The number of ether oxygens (including phenoxy) is 2. The zero-order valence-corrected chi connectivity index (χ0v) is 26.0. The lowest BCUT2D eigenvalue weighted by Crippen LogP contribution is -2.30. The standard InChI is InChI=1S/C33H39F3N2O10/c34-33(35,36)24-9-6-10-26(16-24)46-21-25(39)13-14-28-27(29(40)17-30(28)41)11-3-1-2-4-12-31(42)37-18-32(43)47-19-22-7-5-8-23(15-22)20-48-38(44)45/h1,3,5-10,13-16,25,27-30,39-41H,2,4,11-12,17-21H2,(H,37,42)/b3-1-,14-13+/t25-,27-,28-,29+,30-/m1/s1. The van der Waals surface area contributed by atoms with Crippen LogP contribution in [0, 0.1) is 22.0 Å². The first kappa shape index (κ1) is 38.0. The summed E-state index contributed by atoms with van der Waals surface area (Å²) >= 11 is 0. The molecule has 262 valence electrons. The summed E-state index contributed by atoms with van der Waals surface area (Å²) < 4.78 is 49.1. The van der Waals surface area contributed by atoms with Crippen LogP contribution in [0.1, 0.15) is 48.8 Å². The molecule has 5 atom stereocenters. The van der Waals surface area contributed by atoms with E-state index in [0.29, 0.717) is 30.4 Å². The molecule has 2 aromatic rings. The number of hydrogen-bond donors (Lipinski definition) is 4. The molecule has 12 nitrogen and oxygen atoms in total. The van der Waals surface area contributed by atoms with Crippen LogP contribution in [0.3, 0.4) is 0 Å². The Labute approximate surface area is 274 Å². The Hall–Kier alpha value is -4.47. The molecule has 2 aromatic carbocycles. The lowest BCUT2D eigenvalue weighted by molar-refractivity contribution is -0.763. The number of allylic oxidation sites excluding steroid dienone is 2. The Balaban J connectivity index is 1.33. The van der Waals surface area contributed by atoms with Gasteiger partial charge in [0.15, 0.2) is 0 Å². The second kappa shape index (κ2) is 18.8. The fourth-order valence-electron chi connectivity index (χ4n) is 5.12. The molecule has 0 radical (unpaired) electrons. The first-order valence-electron chi connectivity index (χ1n) is 15.3. The summed E-state index contributed by atoms with van der Waals surface area (Å²) in [5.74, 6) is -1.83. The number of nitrogens with one attached hydrogen (secondary N) is 1.